The highest BCUT2D eigenvalue weighted by Gasteiger charge is 2.16. The zero-order valence-corrected chi connectivity index (χ0v) is 16.3. The SMILES string of the molecule is CCN(CC)C(=O)c1cccc(NC(=O)c2cc(Cl)c(OC)c(Cl)c2)c1. The fourth-order valence-corrected chi connectivity index (χ4v) is 3.15. The molecule has 0 saturated carbocycles. The lowest BCUT2D eigenvalue weighted by atomic mass is 10.1. The maximum atomic E-state index is 12.5. The highest BCUT2D eigenvalue weighted by Crippen LogP contribution is 2.34. The Hall–Kier alpha value is -2.24. The van der Waals surface area contributed by atoms with E-state index in [1.807, 2.05) is 13.8 Å². The minimum absolute atomic E-state index is 0.0818. The van der Waals surface area contributed by atoms with Gasteiger partial charge in [-0.1, -0.05) is 29.3 Å². The van der Waals surface area contributed by atoms with Crippen molar-refractivity contribution >= 4 is 40.7 Å². The molecule has 5 nitrogen and oxygen atoms in total. The van der Waals surface area contributed by atoms with Crippen LogP contribution in [0.2, 0.25) is 10.0 Å². The molecule has 0 bridgehead atoms. The van der Waals surface area contributed by atoms with Gasteiger partial charge in [-0.3, -0.25) is 9.59 Å². The fourth-order valence-electron chi connectivity index (χ4n) is 2.51. The number of amides is 2. The molecule has 0 fully saturated rings. The highest BCUT2D eigenvalue weighted by atomic mass is 35.5. The largest absolute Gasteiger partial charge is 0.494 e. The third-order valence-electron chi connectivity index (χ3n) is 3.88. The molecule has 2 aromatic rings. The van der Waals surface area contributed by atoms with Gasteiger partial charge in [0.05, 0.1) is 17.2 Å². The first-order valence-corrected chi connectivity index (χ1v) is 8.90. The summed E-state index contributed by atoms with van der Waals surface area (Å²) in [6.45, 7) is 5.08. The lowest BCUT2D eigenvalue weighted by Crippen LogP contribution is -2.30. The fraction of sp³-hybridized carbons (Fsp3) is 0.263. The second kappa shape index (κ2) is 8.92. The minimum atomic E-state index is -0.385. The van der Waals surface area contributed by atoms with Gasteiger partial charge >= 0.3 is 0 Å². The van der Waals surface area contributed by atoms with Crippen molar-refractivity contribution in [3.05, 3.63) is 57.6 Å². The lowest BCUT2D eigenvalue weighted by Gasteiger charge is -2.19. The molecular weight excluding hydrogens is 375 g/mol. The topological polar surface area (TPSA) is 58.6 Å². The number of halogens is 2. The summed E-state index contributed by atoms with van der Waals surface area (Å²) in [6.07, 6.45) is 0. The van der Waals surface area contributed by atoms with Gasteiger partial charge in [0, 0.05) is 29.9 Å². The average Bonchev–Trinajstić information content (AvgIpc) is 2.62. The van der Waals surface area contributed by atoms with Crippen molar-refractivity contribution in [1.29, 1.82) is 0 Å². The molecule has 0 unspecified atom stereocenters. The van der Waals surface area contributed by atoms with E-state index < -0.39 is 0 Å². The Bertz CT molecular complexity index is 797. The summed E-state index contributed by atoms with van der Waals surface area (Å²) in [6, 6.07) is 9.76. The van der Waals surface area contributed by atoms with E-state index in [0.717, 1.165) is 0 Å². The van der Waals surface area contributed by atoms with Crippen LogP contribution in [-0.4, -0.2) is 36.9 Å². The predicted molar refractivity (Wildman–Crippen MR) is 105 cm³/mol. The number of benzene rings is 2. The number of anilines is 1. The van der Waals surface area contributed by atoms with Crippen molar-refractivity contribution in [1.82, 2.24) is 4.90 Å². The van der Waals surface area contributed by atoms with Gasteiger partial charge in [0.15, 0.2) is 5.75 Å². The lowest BCUT2D eigenvalue weighted by molar-refractivity contribution is 0.0772. The van der Waals surface area contributed by atoms with E-state index in [-0.39, 0.29) is 21.9 Å². The summed E-state index contributed by atoms with van der Waals surface area (Å²) < 4.78 is 5.08. The molecule has 0 spiro atoms. The molecular formula is C19H20Cl2N2O3. The Labute approximate surface area is 162 Å². The van der Waals surface area contributed by atoms with Gasteiger partial charge in [-0.15, -0.1) is 0 Å². The molecule has 0 aliphatic heterocycles. The second-order valence-electron chi connectivity index (χ2n) is 5.49. The number of carbonyl (C=O) groups is 2. The first-order chi connectivity index (χ1) is 12.4. The number of rotatable bonds is 6. The van der Waals surface area contributed by atoms with Gasteiger partial charge in [0.1, 0.15) is 0 Å². The number of nitrogens with zero attached hydrogens (tertiary/aromatic N) is 1. The van der Waals surface area contributed by atoms with Crippen LogP contribution in [0.15, 0.2) is 36.4 Å². The minimum Gasteiger partial charge on any atom is -0.494 e. The Balaban J connectivity index is 2.22. The number of hydrogen-bond acceptors (Lipinski definition) is 3. The van der Waals surface area contributed by atoms with Gasteiger partial charge in [-0.2, -0.15) is 0 Å². The summed E-state index contributed by atoms with van der Waals surface area (Å²) in [4.78, 5) is 26.6. The molecule has 1 N–H and O–H groups in total. The van der Waals surface area contributed by atoms with Gasteiger partial charge in [0.25, 0.3) is 11.8 Å². The molecule has 0 heterocycles. The van der Waals surface area contributed by atoms with Crippen molar-refractivity contribution in [2.75, 3.05) is 25.5 Å². The van der Waals surface area contributed by atoms with Crippen LogP contribution in [0.25, 0.3) is 0 Å². The molecule has 2 aromatic carbocycles. The zero-order chi connectivity index (χ0) is 19.3. The van der Waals surface area contributed by atoms with Crippen molar-refractivity contribution in [3.63, 3.8) is 0 Å². The number of methoxy groups -OCH3 is 1. The van der Waals surface area contributed by atoms with Gasteiger partial charge < -0.3 is 15.0 Å². The average molecular weight is 395 g/mol. The molecule has 0 radical (unpaired) electrons. The maximum Gasteiger partial charge on any atom is 0.255 e. The third kappa shape index (κ3) is 4.48. The molecule has 138 valence electrons. The predicted octanol–water partition coefficient (Wildman–Crippen LogP) is 4.74. The van der Waals surface area contributed by atoms with E-state index in [4.69, 9.17) is 27.9 Å². The molecule has 26 heavy (non-hydrogen) atoms. The highest BCUT2D eigenvalue weighted by molar-refractivity contribution is 6.37. The number of nitrogens with one attached hydrogen (secondary N) is 1. The third-order valence-corrected chi connectivity index (χ3v) is 4.44. The Morgan fingerprint density at radius 3 is 2.19 bits per heavy atom. The molecule has 0 atom stereocenters. The summed E-state index contributed by atoms with van der Waals surface area (Å²) in [7, 11) is 1.45. The van der Waals surface area contributed by atoms with Crippen LogP contribution in [0.5, 0.6) is 5.75 Å². The molecule has 0 aromatic heterocycles. The molecule has 2 rings (SSSR count). The Kier molecular flexibility index (Phi) is 6.89. The summed E-state index contributed by atoms with van der Waals surface area (Å²) >= 11 is 12.2. The van der Waals surface area contributed by atoms with E-state index >= 15 is 0 Å². The quantitative estimate of drug-likeness (QED) is 0.769. The Morgan fingerprint density at radius 1 is 1.04 bits per heavy atom. The van der Waals surface area contributed by atoms with E-state index in [1.54, 1.807) is 29.2 Å². The van der Waals surface area contributed by atoms with Crippen LogP contribution in [0, 0.1) is 0 Å². The number of hydrogen-bond donors (Lipinski definition) is 1. The van der Waals surface area contributed by atoms with Crippen molar-refractivity contribution in [2.45, 2.75) is 13.8 Å². The van der Waals surface area contributed by atoms with E-state index in [0.29, 0.717) is 35.7 Å². The van der Waals surface area contributed by atoms with Crippen LogP contribution in [0.1, 0.15) is 34.6 Å². The molecule has 0 saturated heterocycles. The van der Waals surface area contributed by atoms with Crippen molar-refractivity contribution in [3.8, 4) is 5.75 Å². The smallest absolute Gasteiger partial charge is 0.255 e. The van der Waals surface area contributed by atoms with E-state index in [1.165, 1.54) is 19.2 Å². The zero-order valence-electron chi connectivity index (χ0n) is 14.8. The van der Waals surface area contributed by atoms with Crippen molar-refractivity contribution < 1.29 is 14.3 Å². The van der Waals surface area contributed by atoms with Crippen LogP contribution in [0.3, 0.4) is 0 Å². The Morgan fingerprint density at radius 2 is 1.65 bits per heavy atom. The van der Waals surface area contributed by atoms with Crippen LogP contribution in [0.4, 0.5) is 5.69 Å². The summed E-state index contributed by atoms with van der Waals surface area (Å²) in [5.41, 5.74) is 1.31. The first-order valence-electron chi connectivity index (χ1n) is 8.14. The number of carbonyl (C=O) groups excluding carboxylic acids is 2. The van der Waals surface area contributed by atoms with Gasteiger partial charge in [-0.05, 0) is 44.2 Å². The standard InChI is InChI=1S/C19H20Cl2N2O3/c1-4-23(5-2)19(25)12-7-6-8-14(9-12)22-18(24)13-10-15(20)17(26-3)16(21)11-13/h6-11H,4-5H2,1-3H3,(H,22,24). The second-order valence-corrected chi connectivity index (χ2v) is 6.30. The van der Waals surface area contributed by atoms with Gasteiger partial charge in [-0.25, -0.2) is 0 Å². The van der Waals surface area contributed by atoms with Crippen LogP contribution in [-0.2, 0) is 0 Å². The molecule has 0 aliphatic rings. The van der Waals surface area contributed by atoms with Gasteiger partial charge in [0.2, 0.25) is 0 Å². The van der Waals surface area contributed by atoms with Crippen LogP contribution < -0.4 is 10.1 Å². The molecule has 2 amide bonds. The van der Waals surface area contributed by atoms with E-state index in [2.05, 4.69) is 5.32 Å². The first kappa shape index (κ1) is 20.1. The number of ether oxygens (including phenoxy) is 1. The van der Waals surface area contributed by atoms with E-state index in [9.17, 15) is 9.59 Å². The van der Waals surface area contributed by atoms with Crippen molar-refractivity contribution in [2.24, 2.45) is 0 Å². The van der Waals surface area contributed by atoms with Crippen LogP contribution >= 0.6 is 23.2 Å². The maximum absolute atomic E-state index is 12.5. The summed E-state index contributed by atoms with van der Waals surface area (Å²) in [5.74, 6) is -0.151. The normalized spacial score (nSPS) is 10.3. The molecule has 0 aliphatic carbocycles. The monoisotopic (exact) mass is 394 g/mol. The summed E-state index contributed by atoms with van der Waals surface area (Å²) in [5, 5.41) is 3.24. The molecule has 7 heteroatoms.